The van der Waals surface area contributed by atoms with E-state index in [2.05, 4.69) is 15.5 Å². The van der Waals surface area contributed by atoms with Crippen molar-refractivity contribution in [2.24, 2.45) is 7.05 Å². The Kier molecular flexibility index (Phi) is 10.2. The van der Waals surface area contributed by atoms with Crippen molar-refractivity contribution >= 4 is 57.5 Å². The van der Waals surface area contributed by atoms with Crippen molar-refractivity contribution in [3.8, 4) is 5.75 Å². The monoisotopic (exact) mass is 580 g/mol. The third-order valence-corrected chi connectivity index (χ3v) is 7.98. The Morgan fingerprint density at radius 1 is 1.13 bits per heavy atom. The highest BCUT2D eigenvalue weighted by Crippen LogP contribution is 2.35. The molecule has 0 aliphatic rings. The van der Waals surface area contributed by atoms with E-state index in [0.29, 0.717) is 27.3 Å². The number of thiophene rings is 1. The highest BCUT2D eigenvalue weighted by Gasteiger charge is 2.27. The van der Waals surface area contributed by atoms with Crippen LogP contribution in [0.5, 0.6) is 5.75 Å². The molecule has 0 radical (unpaired) electrons. The largest absolute Gasteiger partial charge is 0.483 e. The molecule has 0 bridgehead atoms. The molecule has 38 heavy (non-hydrogen) atoms. The number of thioether (sulfide) groups is 1. The summed E-state index contributed by atoms with van der Waals surface area (Å²) in [4.78, 5) is 37.9. The molecule has 3 aromatic rings. The fraction of sp³-hybridized carbons (Fsp3) is 0.400. The number of anilines is 1. The van der Waals surface area contributed by atoms with Crippen LogP contribution in [0.1, 0.15) is 63.9 Å². The van der Waals surface area contributed by atoms with Crippen LogP contribution in [0, 0.1) is 13.8 Å². The van der Waals surface area contributed by atoms with Crippen molar-refractivity contribution in [1.29, 1.82) is 0 Å². The Labute approximate surface area is 234 Å². The summed E-state index contributed by atoms with van der Waals surface area (Å²) in [6.07, 6.45) is -0.404. The number of amides is 1. The van der Waals surface area contributed by atoms with Crippen LogP contribution in [0.2, 0.25) is 5.02 Å². The fourth-order valence-electron chi connectivity index (χ4n) is 3.49. The van der Waals surface area contributed by atoms with E-state index in [4.69, 9.17) is 25.8 Å². The number of nitrogens with zero attached hydrogens (tertiary/aromatic N) is 3. The van der Waals surface area contributed by atoms with Crippen LogP contribution in [-0.2, 0) is 21.3 Å². The fourth-order valence-corrected chi connectivity index (χ4v) is 5.43. The zero-order valence-corrected chi connectivity index (χ0v) is 24.3. The quantitative estimate of drug-likeness (QED) is 0.235. The second kappa shape index (κ2) is 13.1. The SMILES string of the molecule is CCOC(=O)c1sc(NC(=O)CSc2nnc(C(C)Oc3ccc(Cl)c(C)c3)n2C)c(C(=O)OCC)c1C. The molecule has 1 N–H and O–H groups in total. The maximum atomic E-state index is 12.8. The minimum Gasteiger partial charge on any atom is -0.483 e. The van der Waals surface area contributed by atoms with Crippen molar-refractivity contribution in [2.45, 2.75) is 45.9 Å². The van der Waals surface area contributed by atoms with Crippen molar-refractivity contribution in [2.75, 3.05) is 24.3 Å². The van der Waals surface area contributed by atoms with Gasteiger partial charge in [0.05, 0.1) is 24.5 Å². The normalized spacial score (nSPS) is 11.7. The minimum atomic E-state index is -0.623. The van der Waals surface area contributed by atoms with Gasteiger partial charge in [-0.05, 0) is 63.9 Å². The molecule has 0 saturated heterocycles. The molecule has 2 heterocycles. The van der Waals surface area contributed by atoms with Gasteiger partial charge in [-0.1, -0.05) is 23.4 Å². The Hall–Kier alpha value is -3.09. The van der Waals surface area contributed by atoms with E-state index in [1.807, 2.05) is 19.9 Å². The summed E-state index contributed by atoms with van der Waals surface area (Å²) < 4.78 is 18.0. The van der Waals surface area contributed by atoms with E-state index >= 15 is 0 Å². The summed E-state index contributed by atoms with van der Waals surface area (Å²) in [7, 11) is 1.79. The first-order valence-electron chi connectivity index (χ1n) is 11.8. The first kappa shape index (κ1) is 29.5. The number of ether oxygens (including phenoxy) is 3. The molecule has 1 unspecified atom stereocenters. The highest BCUT2D eigenvalue weighted by atomic mass is 35.5. The molecule has 0 fully saturated rings. The minimum absolute atomic E-state index is 0.00839. The molecule has 204 valence electrons. The molecule has 0 saturated carbocycles. The molecule has 3 rings (SSSR count). The second-order valence-electron chi connectivity index (χ2n) is 8.11. The molecule has 10 nitrogen and oxygen atoms in total. The van der Waals surface area contributed by atoms with Gasteiger partial charge in [0.1, 0.15) is 15.6 Å². The lowest BCUT2D eigenvalue weighted by Gasteiger charge is -2.15. The predicted molar refractivity (Wildman–Crippen MR) is 147 cm³/mol. The van der Waals surface area contributed by atoms with Crippen LogP contribution in [0.25, 0.3) is 0 Å². The average Bonchev–Trinajstić information content (AvgIpc) is 3.39. The zero-order chi connectivity index (χ0) is 28.0. The topological polar surface area (TPSA) is 122 Å². The third-order valence-electron chi connectivity index (χ3n) is 5.35. The van der Waals surface area contributed by atoms with E-state index in [0.717, 1.165) is 16.9 Å². The first-order valence-corrected chi connectivity index (χ1v) is 14.0. The summed E-state index contributed by atoms with van der Waals surface area (Å²) in [5.74, 6) is -0.344. The number of hydrogen-bond donors (Lipinski definition) is 1. The van der Waals surface area contributed by atoms with E-state index in [-0.39, 0.29) is 40.3 Å². The van der Waals surface area contributed by atoms with Crippen LogP contribution < -0.4 is 10.1 Å². The highest BCUT2D eigenvalue weighted by molar-refractivity contribution is 7.99. The van der Waals surface area contributed by atoms with Crippen LogP contribution in [0.15, 0.2) is 23.4 Å². The summed E-state index contributed by atoms with van der Waals surface area (Å²) in [6, 6.07) is 5.40. The first-order chi connectivity index (χ1) is 18.1. The second-order valence-corrected chi connectivity index (χ2v) is 10.5. The molecule has 13 heteroatoms. The molecule has 0 aliphatic carbocycles. The zero-order valence-electron chi connectivity index (χ0n) is 21.9. The lowest BCUT2D eigenvalue weighted by molar-refractivity contribution is -0.113. The van der Waals surface area contributed by atoms with Crippen LogP contribution in [0.4, 0.5) is 5.00 Å². The number of esters is 2. The number of benzene rings is 1. The summed E-state index contributed by atoms with van der Waals surface area (Å²) in [5, 5.41) is 12.5. The van der Waals surface area contributed by atoms with Gasteiger partial charge in [-0.3, -0.25) is 4.79 Å². The van der Waals surface area contributed by atoms with Gasteiger partial charge < -0.3 is 24.1 Å². The molecule has 0 aliphatic heterocycles. The molecule has 2 aromatic heterocycles. The van der Waals surface area contributed by atoms with Gasteiger partial charge in [-0.2, -0.15) is 0 Å². The number of aryl methyl sites for hydroxylation is 1. The van der Waals surface area contributed by atoms with Crippen molar-refractivity contribution in [3.05, 3.63) is 50.6 Å². The van der Waals surface area contributed by atoms with Gasteiger partial charge in [-0.15, -0.1) is 21.5 Å². The summed E-state index contributed by atoms with van der Waals surface area (Å²) >= 11 is 8.24. The third kappa shape index (κ3) is 6.86. The number of halogens is 1. The van der Waals surface area contributed by atoms with Gasteiger partial charge in [-0.25, -0.2) is 9.59 Å². The number of aromatic nitrogens is 3. The van der Waals surface area contributed by atoms with Gasteiger partial charge in [0.15, 0.2) is 17.1 Å². The molecule has 1 aromatic carbocycles. The number of rotatable bonds is 11. The van der Waals surface area contributed by atoms with Crippen molar-refractivity contribution in [3.63, 3.8) is 0 Å². The number of carbonyl (C=O) groups is 3. The maximum Gasteiger partial charge on any atom is 0.348 e. The van der Waals surface area contributed by atoms with Gasteiger partial charge in [0.25, 0.3) is 0 Å². The van der Waals surface area contributed by atoms with E-state index < -0.39 is 18.0 Å². The van der Waals surface area contributed by atoms with Crippen LogP contribution in [0.3, 0.4) is 0 Å². The summed E-state index contributed by atoms with van der Waals surface area (Å²) in [6.45, 7) is 9.08. The average molecular weight is 581 g/mol. The van der Waals surface area contributed by atoms with Gasteiger partial charge >= 0.3 is 11.9 Å². The Morgan fingerprint density at radius 2 is 1.82 bits per heavy atom. The lowest BCUT2D eigenvalue weighted by atomic mass is 10.1. The molecule has 1 atom stereocenters. The lowest BCUT2D eigenvalue weighted by Crippen LogP contribution is -2.17. The predicted octanol–water partition coefficient (Wildman–Crippen LogP) is 5.37. The van der Waals surface area contributed by atoms with Crippen molar-refractivity contribution < 1.29 is 28.6 Å². The van der Waals surface area contributed by atoms with E-state index in [9.17, 15) is 14.4 Å². The van der Waals surface area contributed by atoms with Gasteiger partial charge in [0.2, 0.25) is 5.91 Å². The van der Waals surface area contributed by atoms with Crippen LogP contribution >= 0.6 is 34.7 Å². The number of nitrogens with one attached hydrogen (secondary N) is 1. The summed E-state index contributed by atoms with van der Waals surface area (Å²) in [5.41, 5.74) is 1.44. The van der Waals surface area contributed by atoms with Crippen molar-refractivity contribution in [1.82, 2.24) is 14.8 Å². The molecular formula is C25H29ClN4O6S2. The van der Waals surface area contributed by atoms with Gasteiger partial charge in [0, 0.05) is 12.1 Å². The standard InChI is InChI=1S/C25H29ClN4O6S2/c1-7-34-23(32)19-14(4)20(24(33)35-8-2)38-22(19)27-18(31)12-37-25-29-28-21(30(25)6)15(5)36-16-9-10-17(26)13(3)11-16/h9-11,15H,7-8,12H2,1-6H3,(H,27,31). The van der Waals surface area contributed by atoms with E-state index in [1.165, 1.54) is 11.8 Å². The molecule has 0 spiro atoms. The van der Waals surface area contributed by atoms with E-state index in [1.54, 1.807) is 44.5 Å². The Morgan fingerprint density at radius 3 is 2.47 bits per heavy atom. The molecule has 1 amide bonds. The number of carbonyl (C=O) groups excluding carboxylic acids is 3. The Balaban J connectivity index is 1.69. The number of hydrogen-bond acceptors (Lipinski definition) is 10. The Bertz CT molecular complexity index is 1340. The smallest absolute Gasteiger partial charge is 0.348 e. The maximum absolute atomic E-state index is 12.8. The molecular weight excluding hydrogens is 552 g/mol. The van der Waals surface area contributed by atoms with Crippen LogP contribution in [-0.4, -0.2) is 51.6 Å².